The van der Waals surface area contributed by atoms with Gasteiger partial charge in [-0.05, 0) is 32.6 Å². The van der Waals surface area contributed by atoms with Crippen LogP contribution in [0.2, 0.25) is 0 Å². The van der Waals surface area contributed by atoms with E-state index in [4.69, 9.17) is 0 Å². The van der Waals surface area contributed by atoms with Crippen molar-refractivity contribution in [3.63, 3.8) is 0 Å². The Labute approximate surface area is 116 Å². The van der Waals surface area contributed by atoms with E-state index in [2.05, 4.69) is 20.6 Å². The molecule has 1 fully saturated rings. The number of hydrogen-bond acceptors (Lipinski definition) is 7. The third-order valence-electron chi connectivity index (χ3n) is 3.39. The van der Waals surface area contributed by atoms with Gasteiger partial charge in [-0.3, -0.25) is 10.1 Å². The first-order chi connectivity index (χ1) is 9.61. The highest BCUT2D eigenvalue weighted by Crippen LogP contribution is 2.31. The molecule has 1 aromatic heterocycles. The molecule has 8 heteroatoms. The van der Waals surface area contributed by atoms with Crippen molar-refractivity contribution in [2.75, 3.05) is 17.2 Å². The van der Waals surface area contributed by atoms with Gasteiger partial charge in [0.05, 0.1) is 11.0 Å². The summed E-state index contributed by atoms with van der Waals surface area (Å²) in [5.41, 5.74) is -0.125. The standard InChI is InChI=1S/C12H19N5O3/c1-2-13-11-10(17(19)20)12(15-7-14-11)16-8-3-5-9(18)6-4-8/h7-9,18H,2-6H2,1H3,(H2,13,14,15,16). The van der Waals surface area contributed by atoms with Gasteiger partial charge in [-0.15, -0.1) is 0 Å². The Morgan fingerprint density at radius 2 is 2.00 bits per heavy atom. The van der Waals surface area contributed by atoms with Crippen molar-refractivity contribution < 1.29 is 10.0 Å². The summed E-state index contributed by atoms with van der Waals surface area (Å²) in [5.74, 6) is 0.466. The average molecular weight is 281 g/mol. The number of aliphatic hydroxyl groups is 1. The second kappa shape index (κ2) is 6.47. The van der Waals surface area contributed by atoms with Gasteiger partial charge in [0, 0.05) is 12.6 Å². The van der Waals surface area contributed by atoms with E-state index in [0.717, 1.165) is 12.8 Å². The predicted molar refractivity (Wildman–Crippen MR) is 74.7 cm³/mol. The second-order valence-corrected chi connectivity index (χ2v) is 4.86. The minimum absolute atomic E-state index is 0.0986. The molecule has 1 aliphatic rings. The van der Waals surface area contributed by atoms with Crippen LogP contribution < -0.4 is 10.6 Å². The van der Waals surface area contributed by atoms with Crippen LogP contribution in [-0.2, 0) is 0 Å². The lowest BCUT2D eigenvalue weighted by molar-refractivity contribution is -0.383. The first kappa shape index (κ1) is 14.4. The molecule has 0 aliphatic heterocycles. The highest BCUT2D eigenvalue weighted by atomic mass is 16.6. The van der Waals surface area contributed by atoms with Gasteiger partial charge in [0.25, 0.3) is 0 Å². The lowest BCUT2D eigenvalue weighted by Crippen LogP contribution is -2.29. The van der Waals surface area contributed by atoms with Crippen LogP contribution >= 0.6 is 0 Å². The molecule has 1 aliphatic carbocycles. The van der Waals surface area contributed by atoms with Crippen molar-refractivity contribution in [1.82, 2.24) is 9.97 Å². The monoisotopic (exact) mass is 281 g/mol. The van der Waals surface area contributed by atoms with Crippen molar-refractivity contribution in [3.8, 4) is 0 Å². The van der Waals surface area contributed by atoms with Crippen LogP contribution in [0.5, 0.6) is 0 Å². The first-order valence-electron chi connectivity index (χ1n) is 6.79. The molecule has 0 aromatic carbocycles. The third kappa shape index (κ3) is 3.32. The summed E-state index contributed by atoms with van der Waals surface area (Å²) in [5, 5.41) is 26.7. The molecule has 1 heterocycles. The molecule has 0 radical (unpaired) electrons. The highest BCUT2D eigenvalue weighted by Gasteiger charge is 2.26. The Morgan fingerprint density at radius 3 is 2.60 bits per heavy atom. The fraction of sp³-hybridized carbons (Fsp3) is 0.667. The van der Waals surface area contributed by atoms with Crippen LogP contribution in [0, 0.1) is 10.1 Å². The molecule has 0 saturated heterocycles. The molecule has 0 atom stereocenters. The zero-order chi connectivity index (χ0) is 14.5. The Kier molecular flexibility index (Phi) is 4.67. The summed E-state index contributed by atoms with van der Waals surface area (Å²) in [6.45, 7) is 2.40. The molecule has 2 rings (SSSR count). The van der Waals surface area contributed by atoms with Gasteiger partial charge < -0.3 is 15.7 Å². The molecular formula is C12H19N5O3. The molecule has 3 N–H and O–H groups in total. The van der Waals surface area contributed by atoms with E-state index in [9.17, 15) is 15.2 Å². The molecule has 0 amide bonds. The molecule has 1 saturated carbocycles. The van der Waals surface area contributed by atoms with E-state index in [-0.39, 0.29) is 29.5 Å². The van der Waals surface area contributed by atoms with Crippen LogP contribution in [-0.4, -0.2) is 38.7 Å². The van der Waals surface area contributed by atoms with E-state index in [0.29, 0.717) is 19.4 Å². The number of nitrogens with one attached hydrogen (secondary N) is 2. The molecule has 0 unspecified atom stereocenters. The maximum atomic E-state index is 11.2. The molecule has 8 nitrogen and oxygen atoms in total. The minimum atomic E-state index is -0.474. The summed E-state index contributed by atoms with van der Waals surface area (Å²) in [6.07, 6.45) is 4.02. The SMILES string of the molecule is CCNc1ncnc(NC2CCC(O)CC2)c1[N+](=O)[O-]. The van der Waals surface area contributed by atoms with E-state index in [1.807, 2.05) is 6.92 Å². The van der Waals surface area contributed by atoms with Crippen LogP contribution in [0.25, 0.3) is 0 Å². The van der Waals surface area contributed by atoms with E-state index >= 15 is 0 Å². The smallest absolute Gasteiger partial charge is 0.353 e. The van der Waals surface area contributed by atoms with Crippen LogP contribution in [0.1, 0.15) is 32.6 Å². The van der Waals surface area contributed by atoms with Crippen molar-refractivity contribution >= 4 is 17.3 Å². The Bertz CT molecular complexity index is 474. The summed E-state index contributed by atoms with van der Waals surface area (Å²) in [4.78, 5) is 18.6. The number of nitro groups is 1. The number of rotatable bonds is 5. The van der Waals surface area contributed by atoms with E-state index < -0.39 is 4.92 Å². The van der Waals surface area contributed by atoms with Crippen molar-refractivity contribution in [3.05, 3.63) is 16.4 Å². The van der Waals surface area contributed by atoms with Gasteiger partial charge in [-0.25, -0.2) is 9.97 Å². The maximum Gasteiger partial charge on any atom is 0.353 e. The van der Waals surface area contributed by atoms with Crippen LogP contribution in [0.3, 0.4) is 0 Å². The first-order valence-corrected chi connectivity index (χ1v) is 6.79. The largest absolute Gasteiger partial charge is 0.393 e. The van der Waals surface area contributed by atoms with Gasteiger partial charge in [-0.1, -0.05) is 0 Å². The molecule has 1 aromatic rings. The van der Waals surface area contributed by atoms with Gasteiger partial charge in [0.15, 0.2) is 0 Å². The second-order valence-electron chi connectivity index (χ2n) is 4.86. The third-order valence-corrected chi connectivity index (χ3v) is 3.39. The quantitative estimate of drug-likeness (QED) is 0.554. The molecule has 0 bridgehead atoms. The average Bonchev–Trinajstić information content (AvgIpc) is 2.41. The summed E-state index contributed by atoms with van der Waals surface area (Å²) < 4.78 is 0. The molecule has 0 spiro atoms. The Balaban J connectivity index is 2.18. The minimum Gasteiger partial charge on any atom is -0.393 e. The summed E-state index contributed by atoms with van der Waals surface area (Å²) >= 11 is 0. The summed E-state index contributed by atoms with van der Waals surface area (Å²) in [7, 11) is 0. The van der Waals surface area contributed by atoms with Gasteiger partial charge in [-0.2, -0.15) is 0 Å². The fourth-order valence-corrected chi connectivity index (χ4v) is 2.37. The molecular weight excluding hydrogens is 262 g/mol. The Morgan fingerprint density at radius 1 is 1.35 bits per heavy atom. The topological polar surface area (TPSA) is 113 Å². The predicted octanol–water partition coefficient (Wildman–Crippen LogP) is 1.53. The van der Waals surface area contributed by atoms with E-state index in [1.165, 1.54) is 6.33 Å². The van der Waals surface area contributed by atoms with Gasteiger partial charge >= 0.3 is 5.69 Å². The van der Waals surface area contributed by atoms with Gasteiger partial charge in [0.1, 0.15) is 6.33 Å². The fourth-order valence-electron chi connectivity index (χ4n) is 2.37. The van der Waals surface area contributed by atoms with Gasteiger partial charge in [0.2, 0.25) is 11.6 Å². The highest BCUT2D eigenvalue weighted by molar-refractivity contribution is 5.69. The Hall–Kier alpha value is -1.96. The van der Waals surface area contributed by atoms with Crippen LogP contribution in [0.15, 0.2) is 6.33 Å². The number of hydrogen-bond donors (Lipinski definition) is 3. The lowest BCUT2D eigenvalue weighted by Gasteiger charge is -2.26. The number of aliphatic hydroxyl groups excluding tert-OH is 1. The molecule has 110 valence electrons. The van der Waals surface area contributed by atoms with Crippen molar-refractivity contribution in [1.29, 1.82) is 0 Å². The number of nitrogens with zero attached hydrogens (tertiary/aromatic N) is 3. The van der Waals surface area contributed by atoms with Crippen molar-refractivity contribution in [2.45, 2.75) is 44.8 Å². The normalized spacial score (nSPS) is 22.3. The maximum absolute atomic E-state index is 11.2. The zero-order valence-electron chi connectivity index (χ0n) is 11.4. The molecule has 20 heavy (non-hydrogen) atoms. The number of anilines is 2. The lowest BCUT2D eigenvalue weighted by atomic mass is 9.93. The zero-order valence-corrected chi connectivity index (χ0v) is 11.4. The summed E-state index contributed by atoms with van der Waals surface area (Å²) in [6, 6.07) is 0.0986. The van der Waals surface area contributed by atoms with E-state index in [1.54, 1.807) is 0 Å². The number of aromatic nitrogens is 2. The van der Waals surface area contributed by atoms with Crippen molar-refractivity contribution in [2.24, 2.45) is 0 Å². The van der Waals surface area contributed by atoms with Crippen LogP contribution in [0.4, 0.5) is 17.3 Å².